The molecule has 5 nitrogen and oxygen atoms in total. The molecule has 0 saturated heterocycles. The van der Waals surface area contributed by atoms with E-state index in [2.05, 4.69) is 39.5 Å². The lowest BCUT2D eigenvalue weighted by Gasteiger charge is -2.28. The molecule has 32 heavy (non-hydrogen) atoms. The van der Waals surface area contributed by atoms with Crippen LogP contribution in [0.5, 0.6) is 0 Å². The molecule has 0 unspecified atom stereocenters. The molecule has 3 rings (SSSR count). The maximum absolute atomic E-state index is 12.1. The average molecular weight is 437 g/mol. The minimum Gasteiger partial charge on any atom is -0.383 e. The molecule has 1 aliphatic rings. The van der Waals surface area contributed by atoms with Crippen LogP contribution in [-0.4, -0.2) is 35.4 Å². The van der Waals surface area contributed by atoms with Crippen LogP contribution in [0, 0.1) is 0 Å². The number of nitrogens with two attached hydrogens (primary N) is 1. The lowest BCUT2D eigenvalue weighted by molar-refractivity contribution is 0.0953. The molecule has 0 atom stereocenters. The van der Waals surface area contributed by atoms with E-state index in [9.17, 15) is 4.79 Å². The average Bonchev–Trinajstić information content (AvgIpc) is 2.82. The summed E-state index contributed by atoms with van der Waals surface area (Å²) in [6.45, 7) is 4.31. The van der Waals surface area contributed by atoms with Gasteiger partial charge >= 0.3 is 0 Å². The van der Waals surface area contributed by atoms with Gasteiger partial charge in [0.25, 0.3) is 5.91 Å². The molecule has 0 fully saturated rings. The number of nitrogens with zero attached hydrogens (tertiary/aromatic N) is 2. The molecule has 1 aliphatic heterocycles. The van der Waals surface area contributed by atoms with Crippen LogP contribution >= 0.6 is 0 Å². The second-order valence-electron chi connectivity index (χ2n) is 9.02. The summed E-state index contributed by atoms with van der Waals surface area (Å²) in [6.07, 6.45) is 15.7. The third kappa shape index (κ3) is 8.27. The van der Waals surface area contributed by atoms with E-state index in [4.69, 9.17) is 5.73 Å². The summed E-state index contributed by atoms with van der Waals surface area (Å²) in [7, 11) is 0. The lowest BCUT2D eigenvalue weighted by Crippen LogP contribution is -2.31. The summed E-state index contributed by atoms with van der Waals surface area (Å²) in [5.74, 6) is 0.169. The summed E-state index contributed by atoms with van der Waals surface area (Å²) in [5.41, 5.74) is 9.27. The minimum atomic E-state index is -0.124. The summed E-state index contributed by atoms with van der Waals surface area (Å²) in [5, 5.41) is 2.94. The summed E-state index contributed by atoms with van der Waals surface area (Å²) in [4.78, 5) is 18.6. The molecule has 5 heteroatoms. The van der Waals surface area contributed by atoms with E-state index < -0.39 is 0 Å². The largest absolute Gasteiger partial charge is 0.383 e. The van der Waals surface area contributed by atoms with Gasteiger partial charge in [-0.3, -0.25) is 9.69 Å². The first-order chi connectivity index (χ1) is 15.7. The zero-order valence-electron chi connectivity index (χ0n) is 19.5. The molecular weight excluding hydrogens is 396 g/mol. The SMILES string of the molecule is Nc1ncccc1C(=O)NCCCCCCCCCCCCN1CCc2ccccc2C1. The maximum Gasteiger partial charge on any atom is 0.255 e. The molecule has 1 aromatic carbocycles. The second kappa shape index (κ2) is 13.9. The van der Waals surface area contributed by atoms with Gasteiger partial charge in [0, 0.05) is 25.8 Å². The van der Waals surface area contributed by atoms with Gasteiger partial charge in [-0.15, -0.1) is 0 Å². The van der Waals surface area contributed by atoms with E-state index >= 15 is 0 Å². The van der Waals surface area contributed by atoms with Gasteiger partial charge in [-0.25, -0.2) is 4.98 Å². The highest BCUT2D eigenvalue weighted by Crippen LogP contribution is 2.19. The Hall–Kier alpha value is -2.40. The van der Waals surface area contributed by atoms with Crippen molar-refractivity contribution in [1.29, 1.82) is 0 Å². The first-order valence-corrected chi connectivity index (χ1v) is 12.5. The van der Waals surface area contributed by atoms with E-state index in [1.54, 1.807) is 23.9 Å². The zero-order chi connectivity index (χ0) is 22.4. The fourth-order valence-corrected chi connectivity index (χ4v) is 4.53. The van der Waals surface area contributed by atoms with Crippen molar-refractivity contribution in [1.82, 2.24) is 15.2 Å². The molecular formula is C27H40N4O. The second-order valence-corrected chi connectivity index (χ2v) is 9.02. The molecule has 1 aromatic heterocycles. The number of nitrogens with one attached hydrogen (secondary N) is 1. The normalized spacial score (nSPS) is 13.6. The molecule has 1 amide bonds. The summed E-state index contributed by atoms with van der Waals surface area (Å²) >= 11 is 0. The van der Waals surface area contributed by atoms with Crippen molar-refractivity contribution >= 4 is 11.7 Å². The predicted octanol–water partition coefficient (Wildman–Crippen LogP) is 5.35. The number of carbonyl (C=O) groups is 1. The highest BCUT2D eigenvalue weighted by molar-refractivity contribution is 5.98. The number of rotatable bonds is 14. The number of unbranched alkanes of at least 4 members (excludes halogenated alkanes) is 9. The molecule has 2 aromatic rings. The van der Waals surface area contributed by atoms with Crippen molar-refractivity contribution in [3.05, 3.63) is 59.3 Å². The Morgan fingerprint density at radius 1 is 0.875 bits per heavy atom. The van der Waals surface area contributed by atoms with E-state index in [0.717, 1.165) is 13.0 Å². The van der Waals surface area contributed by atoms with E-state index in [-0.39, 0.29) is 5.91 Å². The number of hydrogen-bond acceptors (Lipinski definition) is 4. The quantitative estimate of drug-likeness (QED) is 0.392. The van der Waals surface area contributed by atoms with Crippen LogP contribution < -0.4 is 11.1 Å². The van der Waals surface area contributed by atoms with Gasteiger partial charge in [0.05, 0.1) is 5.56 Å². The van der Waals surface area contributed by atoms with Gasteiger partial charge in [-0.2, -0.15) is 0 Å². The Bertz CT molecular complexity index is 823. The minimum absolute atomic E-state index is 0.124. The molecule has 0 bridgehead atoms. The van der Waals surface area contributed by atoms with E-state index in [1.165, 1.54) is 82.9 Å². The van der Waals surface area contributed by atoms with Crippen molar-refractivity contribution in [3.8, 4) is 0 Å². The van der Waals surface area contributed by atoms with Crippen LogP contribution in [0.3, 0.4) is 0 Å². The Labute approximate surface area is 193 Å². The van der Waals surface area contributed by atoms with Crippen LogP contribution in [0.1, 0.15) is 85.7 Å². The molecule has 3 N–H and O–H groups in total. The summed E-state index contributed by atoms with van der Waals surface area (Å²) in [6, 6.07) is 12.3. The third-order valence-electron chi connectivity index (χ3n) is 6.48. The van der Waals surface area contributed by atoms with Crippen molar-refractivity contribution < 1.29 is 4.79 Å². The third-order valence-corrected chi connectivity index (χ3v) is 6.48. The standard InChI is InChI=1S/C27H40N4O/c28-26-25(16-13-19-29-26)27(32)30-18-11-7-5-3-1-2-4-6-8-12-20-31-21-17-23-14-9-10-15-24(23)22-31/h9-10,13-16,19H,1-8,11-12,17-18,20-22H2,(H2,28,29)(H,30,32). The van der Waals surface area contributed by atoms with Crippen molar-refractivity contribution in [2.45, 2.75) is 77.2 Å². The molecule has 174 valence electrons. The lowest BCUT2D eigenvalue weighted by atomic mass is 9.99. The van der Waals surface area contributed by atoms with Crippen LogP contribution in [0.4, 0.5) is 5.82 Å². The number of fused-ring (bicyclic) bond motifs is 1. The van der Waals surface area contributed by atoms with Gasteiger partial charge in [-0.1, -0.05) is 75.6 Å². The number of anilines is 1. The van der Waals surface area contributed by atoms with Gasteiger partial charge in [-0.05, 0) is 49.1 Å². The highest BCUT2D eigenvalue weighted by Gasteiger charge is 2.14. The molecule has 0 aliphatic carbocycles. The van der Waals surface area contributed by atoms with Crippen molar-refractivity contribution in [2.24, 2.45) is 0 Å². The Morgan fingerprint density at radius 2 is 1.53 bits per heavy atom. The fourth-order valence-electron chi connectivity index (χ4n) is 4.53. The first kappa shape index (κ1) is 24.2. The zero-order valence-corrected chi connectivity index (χ0v) is 19.5. The van der Waals surface area contributed by atoms with E-state index in [0.29, 0.717) is 17.9 Å². The van der Waals surface area contributed by atoms with Gasteiger partial charge in [0.1, 0.15) is 5.82 Å². The molecule has 2 heterocycles. The monoisotopic (exact) mass is 436 g/mol. The fraction of sp³-hybridized carbons (Fsp3) is 0.556. The Morgan fingerprint density at radius 3 is 2.25 bits per heavy atom. The number of benzene rings is 1. The highest BCUT2D eigenvalue weighted by atomic mass is 16.1. The predicted molar refractivity (Wildman–Crippen MR) is 133 cm³/mol. The van der Waals surface area contributed by atoms with Crippen LogP contribution in [0.15, 0.2) is 42.6 Å². The smallest absolute Gasteiger partial charge is 0.255 e. The number of carbonyl (C=O) groups excluding carboxylic acids is 1. The van der Waals surface area contributed by atoms with Gasteiger partial charge in [0.15, 0.2) is 0 Å². The number of nitrogen functional groups attached to an aromatic ring is 1. The molecule has 0 saturated carbocycles. The van der Waals surface area contributed by atoms with Crippen molar-refractivity contribution in [2.75, 3.05) is 25.4 Å². The van der Waals surface area contributed by atoms with Crippen molar-refractivity contribution in [3.63, 3.8) is 0 Å². The number of amides is 1. The molecule has 0 spiro atoms. The van der Waals surface area contributed by atoms with Crippen LogP contribution in [0.2, 0.25) is 0 Å². The number of pyridine rings is 1. The Kier molecular flexibility index (Phi) is 10.5. The van der Waals surface area contributed by atoms with Crippen LogP contribution in [-0.2, 0) is 13.0 Å². The first-order valence-electron chi connectivity index (χ1n) is 12.5. The number of aromatic nitrogens is 1. The van der Waals surface area contributed by atoms with E-state index in [1.807, 2.05) is 0 Å². The maximum atomic E-state index is 12.1. The Balaban J connectivity index is 1.09. The summed E-state index contributed by atoms with van der Waals surface area (Å²) < 4.78 is 0. The topological polar surface area (TPSA) is 71.2 Å². The van der Waals surface area contributed by atoms with Gasteiger partial charge < -0.3 is 11.1 Å². The van der Waals surface area contributed by atoms with Gasteiger partial charge in [0.2, 0.25) is 0 Å². The van der Waals surface area contributed by atoms with Crippen LogP contribution in [0.25, 0.3) is 0 Å². The molecule has 0 radical (unpaired) electrons. The number of hydrogen-bond donors (Lipinski definition) is 2.